The minimum Gasteiger partial charge on any atom is -0.354 e. The van der Waals surface area contributed by atoms with E-state index < -0.39 is 0 Å². The van der Waals surface area contributed by atoms with E-state index in [1.807, 2.05) is 0 Å². The topological polar surface area (TPSA) is 79.8 Å². The second kappa shape index (κ2) is 5.55. The fourth-order valence-electron chi connectivity index (χ4n) is 0.414. The Morgan fingerprint density at radius 3 is 2.82 bits per heavy atom. The molecule has 3 N–H and O–H groups in total. The first kappa shape index (κ1) is 9.77. The van der Waals surface area contributed by atoms with Gasteiger partial charge in [0, 0.05) is 7.05 Å². The molecule has 0 radical (unpaired) electrons. The normalized spacial score (nSPS) is 12.1. The number of hydrogen-bond donors (Lipinski definition) is 2. The van der Waals surface area contributed by atoms with Crippen molar-refractivity contribution in [3.05, 3.63) is 0 Å². The van der Waals surface area contributed by atoms with Gasteiger partial charge in [0.05, 0.1) is 6.67 Å². The van der Waals surface area contributed by atoms with Crippen molar-refractivity contribution in [1.82, 2.24) is 5.32 Å². The molecule has 1 amide bonds. The van der Waals surface area contributed by atoms with E-state index in [2.05, 4.69) is 15.3 Å². The van der Waals surface area contributed by atoms with Crippen LogP contribution in [0.25, 0.3) is 0 Å². The van der Waals surface area contributed by atoms with Gasteiger partial charge in [-0.25, -0.2) is 4.99 Å². The van der Waals surface area contributed by atoms with Crippen LogP contribution in [0, 0.1) is 0 Å². The number of carbonyl (C=O) groups is 1. The average molecular weight is 156 g/mol. The number of amides is 1. The van der Waals surface area contributed by atoms with E-state index in [-0.39, 0.29) is 12.6 Å². The molecule has 0 aromatic carbocycles. The summed E-state index contributed by atoms with van der Waals surface area (Å²) in [5, 5.41) is 2.43. The van der Waals surface area contributed by atoms with Crippen LogP contribution in [0.3, 0.4) is 0 Å². The molecule has 0 spiro atoms. The van der Waals surface area contributed by atoms with Crippen LogP contribution in [0.5, 0.6) is 0 Å². The van der Waals surface area contributed by atoms with E-state index in [4.69, 9.17) is 5.73 Å². The Balaban J connectivity index is 4.00. The molecular formula is C6H12N4O. The lowest BCUT2D eigenvalue weighted by molar-refractivity contribution is -0.114. The Morgan fingerprint density at radius 2 is 2.36 bits per heavy atom. The molecule has 0 aromatic rings. The van der Waals surface area contributed by atoms with Gasteiger partial charge in [-0.05, 0) is 6.92 Å². The molecule has 0 bridgehead atoms. The zero-order chi connectivity index (χ0) is 8.69. The van der Waals surface area contributed by atoms with Crippen molar-refractivity contribution in [1.29, 1.82) is 0 Å². The van der Waals surface area contributed by atoms with Gasteiger partial charge in [0.25, 0.3) is 5.91 Å². The van der Waals surface area contributed by atoms with Gasteiger partial charge >= 0.3 is 0 Å². The largest absolute Gasteiger partial charge is 0.354 e. The summed E-state index contributed by atoms with van der Waals surface area (Å²) in [5.41, 5.74) is 5.42. The quantitative estimate of drug-likeness (QED) is 0.412. The van der Waals surface area contributed by atoms with Crippen molar-refractivity contribution >= 4 is 18.0 Å². The van der Waals surface area contributed by atoms with Crippen molar-refractivity contribution in [2.45, 2.75) is 6.92 Å². The van der Waals surface area contributed by atoms with Crippen LogP contribution in [-0.2, 0) is 4.79 Å². The summed E-state index contributed by atoms with van der Waals surface area (Å²) in [6.07, 6.45) is 1.27. The van der Waals surface area contributed by atoms with Crippen LogP contribution < -0.4 is 11.1 Å². The van der Waals surface area contributed by atoms with Crippen LogP contribution in [0.2, 0.25) is 0 Å². The molecular weight excluding hydrogens is 144 g/mol. The van der Waals surface area contributed by atoms with E-state index in [0.29, 0.717) is 5.71 Å². The lowest BCUT2D eigenvalue weighted by Crippen LogP contribution is -2.25. The Labute approximate surface area is 65.4 Å². The summed E-state index contributed by atoms with van der Waals surface area (Å²) in [5.74, 6) is -0.214. The number of nitrogens with one attached hydrogen (secondary N) is 1. The van der Waals surface area contributed by atoms with Crippen molar-refractivity contribution in [3.63, 3.8) is 0 Å². The second-order valence-electron chi connectivity index (χ2n) is 1.77. The summed E-state index contributed by atoms with van der Waals surface area (Å²) in [7, 11) is 1.54. The Hall–Kier alpha value is -1.23. The van der Waals surface area contributed by atoms with Crippen LogP contribution in [0.15, 0.2) is 9.98 Å². The fraction of sp³-hybridized carbons (Fsp3) is 0.500. The van der Waals surface area contributed by atoms with Gasteiger partial charge in [0.1, 0.15) is 12.1 Å². The maximum atomic E-state index is 10.8. The minimum absolute atomic E-state index is 0.185. The van der Waals surface area contributed by atoms with E-state index >= 15 is 0 Å². The molecule has 0 saturated heterocycles. The van der Waals surface area contributed by atoms with Gasteiger partial charge in [0.2, 0.25) is 0 Å². The van der Waals surface area contributed by atoms with E-state index in [1.165, 1.54) is 6.34 Å². The fourth-order valence-corrected chi connectivity index (χ4v) is 0.414. The molecule has 0 unspecified atom stereocenters. The van der Waals surface area contributed by atoms with Crippen molar-refractivity contribution in [2.75, 3.05) is 13.7 Å². The molecule has 0 aliphatic carbocycles. The monoisotopic (exact) mass is 156 g/mol. The van der Waals surface area contributed by atoms with Crippen molar-refractivity contribution < 1.29 is 4.79 Å². The molecule has 0 aliphatic heterocycles. The highest BCUT2D eigenvalue weighted by Gasteiger charge is 1.98. The number of hydrogen-bond acceptors (Lipinski definition) is 3. The Morgan fingerprint density at radius 1 is 1.73 bits per heavy atom. The first-order valence-electron chi connectivity index (χ1n) is 3.17. The van der Waals surface area contributed by atoms with Crippen LogP contribution >= 0.6 is 0 Å². The van der Waals surface area contributed by atoms with Gasteiger partial charge in [-0.2, -0.15) is 0 Å². The first-order valence-corrected chi connectivity index (χ1v) is 3.17. The molecule has 0 fully saturated rings. The van der Waals surface area contributed by atoms with Crippen LogP contribution in [0.4, 0.5) is 0 Å². The maximum absolute atomic E-state index is 10.8. The van der Waals surface area contributed by atoms with Crippen LogP contribution in [0.1, 0.15) is 6.92 Å². The molecule has 0 aromatic heterocycles. The van der Waals surface area contributed by atoms with Crippen molar-refractivity contribution in [2.24, 2.45) is 15.7 Å². The highest BCUT2D eigenvalue weighted by molar-refractivity contribution is 6.38. The third-order valence-corrected chi connectivity index (χ3v) is 0.994. The number of rotatable bonds is 3. The lowest BCUT2D eigenvalue weighted by atomic mass is 10.4. The highest BCUT2D eigenvalue weighted by atomic mass is 16.1. The van der Waals surface area contributed by atoms with Gasteiger partial charge in [-0.1, -0.05) is 0 Å². The van der Waals surface area contributed by atoms with Gasteiger partial charge in [-0.3, -0.25) is 9.79 Å². The van der Waals surface area contributed by atoms with Gasteiger partial charge in [0.15, 0.2) is 0 Å². The third-order valence-electron chi connectivity index (χ3n) is 0.994. The number of aliphatic imine (C=N–C) groups is 2. The molecule has 0 saturated carbocycles. The number of nitrogens with zero attached hydrogens (tertiary/aromatic N) is 2. The summed E-state index contributed by atoms with van der Waals surface area (Å²) in [6.45, 7) is 1.78. The summed E-state index contributed by atoms with van der Waals surface area (Å²) >= 11 is 0. The standard InChI is InChI=1S/C6H12N4O/c1-5(6(11)8-2)10-4-9-3-7/h4H,3,7H2,1-2H3,(H,8,11)/b9-4-,10-5+. The SMILES string of the molecule is CNC(=O)/C(C)=N/C=N\CN. The molecule has 5 nitrogen and oxygen atoms in total. The summed E-state index contributed by atoms with van der Waals surface area (Å²) in [6, 6.07) is 0. The predicted octanol–water partition coefficient (Wildman–Crippen LogP) is -0.862. The predicted molar refractivity (Wildman–Crippen MR) is 44.7 cm³/mol. The van der Waals surface area contributed by atoms with Crippen LogP contribution in [-0.4, -0.2) is 31.7 Å². The maximum Gasteiger partial charge on any atom is 0.265 e. The zero-order valence-electron chi connectivity index (χ0n) is 6.66. The van der Waals surface area contributed by atoms with E-state index in [0.717, 1.165) is 0 Å². The third kappa shape index (κ3) is 4.21. The summed E-state index contributed by atoms with van der Waals surface area (Å²) in [4.78, 5) is 18.1. The molecule has 0 atom stereocenters. The molecule has 5 heteroatoms. The average Bonchev–Trinajstić information content (AvgIpc) is 2.03. The second-order valence-corrected chi connectivity index (χ2v) is 1.77. The Kier molecular flexibility index (Phi) is 4.93. The van der Waals surface area contributed by atoms with Gasteiger partial charge < -0.3 is 11.1 Å². The summed E-state index contributed by atoms with van der Waals surface area (Å²) < 4.78 is 0. The molecule has 62 valence electrons. The van der Waals surface area contributed by atoms with E-state index in [9.17, 15) is 4.79 Å². The Bertz CT molecular complexity index is 185. The van der Waals surface area contributed by atoms with E-state index in [1.54, 1.807) is 14.0 Å². The van der Waals surface area contributed by atoms with Gasteiger partial charge in [-0.15, -0.1) is 0 Å². The molecule has 0 aliphatic rings. The first-order chi connectivity index (χ1) is 5.22. The molecule has 11 heavy (non-hydrogen) atoms. The smallest absolute Gasteiger partial charge is 0.265 e. The molecule has 0 rings (SSSR count). The zero-order valence-corrected chi connectivity index (χ0v) is 6.66. The molecule has 0 heterocycles. The highest BCUT2D eigenvalue weighted by Crippen LogP contribution is 1.74. The number of nitrogens with two attached hydrogens (primary N) is 1. The minimum atomic E-state index is -0.214. The van der Waals surface area contributed by atoms with Crippen molar-refractivity contribution in [3.8, 4) is 0 Å². The lowest BCUT2D eigenvalue weighted by Gasteiger charge is -1.93. The number of carbonyl (C=O) groups excluding carboxylic acids is 1.